The van der Waals surface area contributed by atoms with Crippen LogP contribution in [0, 0.1) is 0 Å². The molecule has 1 aliphatic rings. The summed E-state index contributed by atoms with van der Waals surface area (Å²) in [7, 11) is 0. The molecular formula is C15H19N3O2. The smallest absolute Gasteiger partial charge is 0.244 e. The van der Waals surface area contributed by atoms with Gasteiger partial charge >= 0.3 is 0 Å². The highest BCUT2D eigenvalue weighted by Gasteiger charge is 2.37. The average Bonchev–Trinajstić information content (AvgIpc) is 3.09. The molecule has 0 amide bonds. The Hall–Kier alpha value is -1.72. The van der Waals surface area contributed by atoms with Crippen molar-refractivity contribution in [2.45, 2.75) is 37.8 Å². The van der Waals surface area contributed by atoms with Crippen molar-refractivity contribution in [3.05, 3.63) is 47.6 Å². The fraction of sp³-hybridized carbons (Fsp3) is 0.467. The third-order valence-electron chi connectivity index (χ3n) is 3.75. The summed E-state index contributed by atoms with van der Waals surface area (Å²) in [6.07, 6.45) is 2.62. The van der Waals surface area contributed by atoms with E-state index in [-0.39, 0.29) is 6.04 Å². The minimum atomic E-state index is -0.422. The van der Waals surface area contributed by atoms with Gasteiger partial charge in [0, 0.05) is 6.61 Å². The summed E-state index contributed by atoms with van der Waals surface area (Å²) in [6.45, 7) is 2.74. The van der Waals surface area contributed by atoms with Crippen LogP contribution in [0.25, 0.3) is 0 Å². The lowest BCUT2D eigenvalue weighted by Gasteiger charge is -2.17. The third-order valence-corrected chi connectivity index (χ3v) is 3.75. The van der Waals surface area contributed by atoms with Crippen LogP contribution in [0.1, 0.15) is 43.1 Å². The van der Waals surface area contributed by atoms with Gasteiger partial charge in [-0.05, 0) is 31.7 Å². The molecule has 2 aromatic rings. The Labute approximate surface area is 118 Å². The molecule has 0 radical (unpaired) electrons. The van der Waals surface area contributed by atoms with Gasteiger partial charge in [-0.15, -0.1) is 0 Å². The first-order valence-electron chi connectivity index (χ1n) is 6.95. The van der Waals surface area contributed by atoms with Crippen molar-refractivity contribution < 1.29 is 9.26 Å². The largest absolute Gasteiger partial charge is 0.367 e. The van der Waals surface area contributed by atoms with Crippen molar-refractivity contribution in [2.24, 2.45) is 5.73 Å². The van der Waals surface area contributed by atoms with Gasteiger partial charge in [-0.3, -0.25) is 0 Å². The molecule has 1 unspecified atom stereocenters. The summed E-state index contributed by atoms with van der Waals surface area (Å²) < 4.78 is 11.0. The van der Waals surface area contributed by atoms with Crippen LogP contribution in [0.3, 0.4) is 0 Å². The quantitative estimate of drug-likeness (QED) is 0.925. The first kappa shape index (κ1) is 13.3. The Kier molecular flexibility index (Phi) is 3.54. The van der Waals surface area contributed by atoms with Gasteiger partial charge < -0.3 is 15.0 Å². The Morgan fingerprint density at radius 1 is 1.35 bits per heavy atom. The van der Waals surface area contributed by atoms with E-state index in [1.165, 1.54) is 0 Å². The molecular weight excluding hydrogens is 254 g/mol. The normalized spacial score (nSPS) is 23.9. The minimum Gasteiger partial charge on any atom is -0.367 e. The highest BCUT2D eigenvalue weighted by molar-refractivity contribution is 5.17. The maximum atomic E-state index is 6.15. The van der Waals surface area contributed by atoms with Crippen LogP contribution in [0.15, 0.2) is 34.9 Å². The molecule has 0 spiro atoms. The van der Waals surface area contributed by atoms with Crippen molar-refractivity contribution in [1.82, 2.24) is 10.1 Å². The number of nitrogens with zero attached hydrogens (tertiary/aromatic N) is 2. The maximum absolute atomic E-state index is 6.15. The van der Waals surface area contributed by atoms with E-state index >= 15 is 0 Å². The van der Waals surface area contributed by atoms with Crippen LogP contribution in [-0.4, -0.2) is 16.7 Å². The number of hydrogen-bond acceptors (Lipinski definition) is 5. The second-order valence-electron chi connectivity index (χ2n) is 5.44. The number of hydrogen-bond donors (Lipinski definition) is 1. The Morgan fingerprint density at radius 2 is 2.15 bits per heavy atom. The molecule has 1 fully saturated rings. The summed E-state index contributed by atoms with van der Waals surface area (Å²) in [6, 6.07) is 9.77. The van der Waals surface area contributed by atoms with Gasteiger partial charge in [0.05, 0.1) is 6.04 Å². The summed E-state index contributed by atoms with van der Waals surface area (Å²) in [5.41, 5.74) is 6.88. The molecule has 0 saturated carbocycles. The van der Waals surface area contributed by atoms with Crippen LogP contribution >= 0.6 is 0 Å². The maximum Gasteiger partial charge on any atom is 0.244 e. The predicted molar refractivity (Wildman–Crippen MR) is 73.9 cm³/mol. The van der Waals surface area contributed by atoms with E-state index in [1.54, 1.807) is 0 Å². The highest BCUT2D eigenvalue weighted by atomic mass is 16.5. The van der Waals surface area contributed by atoms with Crippen LogP contribution < -0.4 is 5.73 Å². The average molecular weight is 273 g/mol. The Bertz CT molecular complexity index is 562. The fourth-order valence-electron chi connectivity index (χ4n) is 2.51. The Balaban J connectivity index is 1.73. The summed E-state index contributed by atoms with van der Waals surface area (Å²) in [5, 5.41) is 4.04. The van der Waals surface area contributed by atoms with E-state index < -0.39 is 5.60 Å². The molecule has 1 aromatic heterocycles. The van der Waals surface area contributed by atoms with E-state index in [0.29, 0.717) is 18.1 Å². The zero-order chi connectivity index (χ0) is 14.0. The fourth-order valence-corrected chi connectivity index (χ4v) is 2.51. The van der Waals surface area contributed by atoms with Gasteiger partial charge in [-0.2, -0.15) is 4.98 Å². The zero-order valence-electron chi connectivity index (χ0n) is 11.6. The van der Waals surface area contributed by atoms with Gasteiger partial charge in [0.2, 0.25) is 11.7 Å². The predicted octanol–water partition coefficient (Wildman–Crippen LogP) is 2.34. The molecule has 2 N–H and O–H groups in total. The molecule has 5 heteroatoms. The van der Waals surface area contributed by atoms with Crippen molar-refractivity contribution >= 4 is 0 Å². The molecule has 5 nitrogen and oxygen atoms in total. The van der Waals surface area contributed by atoms with E-state index in [9.17, 15) is 0 Å². The summed E-state index contributed by atoms with van der Waals surface area (Å²) in [5.74, 6) is 1.08. The second kappa shape index (κ2) is 5.34. The molecule has 2 heterocycles. The number of nitrogens with two attached hydrogens (primary N) is 1. The topological polar surface area (TPSA) is 74.2 Å². The zero-order valence-corrected chi connectivity index (χ0v) is 11.6. The Morgan fingerprint density at radius 3 is 2.85 bits per heavy atom. The molecule has 0 bridgehead atoms. The third kappa shape index (κ3) is 2.59. The number of rotatable bonds is 4. The number of benzene rings is 1. The van der Waals surface area contributed by atoms with Crippen molar-refractivity contribution in [3.63, 3.8) is 0 Å². The number of ether oxygens (including phenoxy) is 1. The summed E-state index contributed by atoms with van der Waals surface area (Å²) in [4.78, 5) is 4.43. The van der Waals surface area contributed by atoms with Crippen LogP contribution in [-0.2, 0) is 16.8 Å². The van der Waals surface area contributed by atoms with E-state index in [2.05, 4.69) is 10.1 Å². The standard InChI is InChI=1S/C15H19N3O2/c1-15(8-5-9-19-15)14-17-13(20-18-14)12(16)10-11-6-3-2-4-7-11/h2-4,6-7,12H,5,8-10,16H2,1H3/t12-,15?/m0/s1. The highest BCUT2D eigenvalue weighted by Crippen LogP contribution is 2.34. The molecule has 1 aromatic carbocycles. The van der Waals surface area contributed by atoms with Crippen LogP contribution in [0.4, 0.5) is 0 Å². The van der Waals surface area contributed by atoms with Gasteiger partial charge in [0.1, 0.15) is 5.60 Å². The molecule has 106 valence electrons. The summed E-state index contributed by atoms with van der Waals surface area (Å²) >= 11 is 0. The lowest BCUT2D eigenvalue weighted by atomic mass is 10.0. The molecule has 20 heavy (non-hydrogen) atoms. The van der Waals surface area contributed by atoms with Gasteiger partial charge in [0.15, 0.2) is 0 Å². The molecule has 0 aliphatic carbocycles. The van der Waals surface area contributed by atoms with E-state index in [4.69, 9.17) is 15.0 Å². The van der Waals surface area contributed by atoms with Crippen LogP contribution in [0.5, 0.6) is 0 Å². The van der Waals surface area contributed by atoms with Crippen LogP contribution in [0.2, 0.25) is 0 Å². The molecule has 1 saturated heterocycles. The minimum absolute atomic E-state index is 0.288. The van der Waals surface area contributed by atoms with Crippen molar-refractivity contribution in [2.75, 3.05) is 6.61 Å². The van der Waals surface area contributed by atoms with Gasteiger partial charge in [-0.25, -0.2) is 0 Å². The lowest BCUT2D eigenvalue weighted by Crippen LogP contribution is -2.22. The van der Waals surface area contributed by atoms with Gasteiger partial charge in [0.25, 0.3) is 0 Å². The molecule has 3 rings (SSSR count). The lowest BCUT2D eigenvalue weighted by molar-refractivity contribution is 0.00768. The van der Waals surface area contributed by atoms with E-state index in [0.717, 1.165) is 25.0 Å². The van der Waals surface area contributed by atoms with Gasteiger partial charge in [-0.1, -0.05) is 35.5 Å². The second-order valence-corrected chi connectivity index (χ2v) is 5.44. The SMILES string of the molecule is CC1(c2noc([C@@H](N)Cc3ccccc3)n2)CCCO1. The first-order valence-corrected chi connectivity index (χ1v) is 6.95. The van der Waals surface area contributed by atoms with E-state index in [1.807, 2.05) is 37.3 Å². The monoisotopic (exact) mass is 273 g/mol. The number of aromatic nitrogens is 2. The van der Waals surface area contributed by atoms with Crippen molar-refractivity contribution in [3.8, 4) is 0 Å². The van der Waals surface area contributed by atoms with Crippen molar-refractivity contribution in [1.29, 1.82) is 0 Å². The first-order chi connectivity index (χ1) is 9.67. The molecule has 2 atom stereocenters. The molecule has 1 aliphatic heterocycles.